The molecule has 0 spiro atoms. The van der Waals surface area contributed by atoms with Crippen molar-refractivity contribution in [3.8, 4) is 5.88 Å². The van der Waals surface area contributed by atoms with E-state index in [2.05, 4.69) is 29.1 Å². The maximum absolute atomic E-state index is 5.67. The Morgan fingerprint density at radius 3 is 3.12 bits per heavy atom. The van der Waals surface area contributed by atoms with Gasteiger partial charge in [0.05, 0.1) is 12.0 Å². The third-order valence-electron chi connectivity index (χ3n) is 2.34. The summed E-state index contributed by atoms with van der Waals surface area (Å²) < 4.78 is 5.67. The summed E-state index contributed by atoms with van der Waals surface area (Å²) in [6.45, 7) is 5.93. The summed E-state index contributed by atoms with van der Waals surface area (Å²) in [5.41, 5.74) is 0. The minimum atomic E-state index is 0.526. The number of nitrogens with one attached hydrogen (secondary N) is 1. The number of fused-ring (bicyclic) bond motifs is 1. The van der Waals surface area contributed by atoms with Crippen LogP contribution in [0.2, 0.25) is 0 Å². The lowest BCUT2D eigenvalue weighted by molar-refractivity contribution is 0.298. The number of hydrogen-bond donors (Lipinski definition) is 1. The molecule has 0 bridgehead atoms. The van der Waals surface area contributed by atoms with E-state index in [0.717, 1.165) is 23.2 Å². The van der Waals surface area contributed by atoms with Crippen LogP contribution in [0.3, 0.4) is 0 Å². The highest BCUT2D eigenvalue weighted by molar-refractivity contribution is 7.16. The van der Waals surface area contributed by atoms with Crippen LogP contribution in [0.5, 0.6) is 5.88 Å². The first-order chi connectivity index (χ1) is 8.27. The van der Waals surface area contributed by atoms with Crippen LogP contribution in [0.15, 0.2) is 17.8 Å². The largest absolute Gasteiger partial charge is 0.477 e. The Morgan fingerprint density at radius 2 is 2.29 bits per heavy atom. The van der Waals surface area contributed by atoms with E-state index >= 15 is 0 Å². The monoisotopic (exact) mass is 251 g/mol. The Balaban J connectivity index is 1.84. The van der Waals surface area contributed by atoms with Crippen LogP contribution in [-0.2, 0) is 0 Å². The summed E-state index contributed by atoms with van der Waals surface area (Å²) in [5.74, 6) is 0.695. The highest BCUT2D eigenvalue weighted by Gasteiger charge is 2.05. The third-order valence-corrected chi connectivity index (χ3v) is 3.16. The number of hydrogen-bond acceptors (Lipinski definition) is 5. The third kappa shape index (κ3) is 3.38. The molecular formula is C12H17N3OS. The molecule has 0 aliphatic rings. The number of rotatable bonds is 6. The molecule has 2 aromatic heterocycles. The summed E-state index contributed by atoms with van der Waals surface area (Å²) in [7, 11) is 0. The highest BCUT2D eigenvalue weighted by Crippen LogP contribution is 2.25. The van der Waals surface area contributed by atoms with Gasteiger partial charge in [0.15, 0.2) is 0 Å². The van der Waals surface area contributed by atoms with Crippen LogP contribution >= 0.6 is 11.3 Å². The van der Waals surface area contributed by atoms with E-state index in [1.807, 2.05) is 11.4 Å². The van der Waals surface area contributed by atoms with Gasteiger partial charge in [-0.2, -0.15) is 0 Å². The van der Waals surface area contributed by atoms with Crippen molar-refractivity contribution >= 4 is 21.6 Å². The van der Waals surface area contributed by atoms with Crippen LogP contribution in [0.4, 0.5) is 0 Å². The zero-order chi connectivity index (χ0) is 12.1. The molecule has 5 heteroatoms. The van der Waals surface area contributed by atoms with Crippen molar-refractivity contribution in [2.75, 3.05) is 13.2 Å². The molecule has 17 heavy (non-hydrogen) atoms. The average molecular weight is 251 g/mol. The molecule has 0 fully saturated rings. The second-order valence-electron chi connectivity index (χ2n) is 4.13. The fraction of sp³-hybridized carbons (Fsp3) is 0.500. The summed E-state index contributed by atoms with van der Waals surface area (Å²) in [5, 5.41) is 6.37. The second kappa shape index (κ2) is 5.93. The van der Waals surface area contributed by atoms with Crippen LogP contribution in [0, 0.1) is 0 Å². The number of thiophene rings is 1. The first kappa shape index (κ1) is 12.3. The molecule has 2 aromatic rings. The lowest BCUT2D eigenvalue weighted by Crippen LogP contribution is -2.24. The van der Waals surface area contributed by atoms with Gasteiger partial charge in [0.2, 0.25) is 5.88 Å². The highest BCUT2D eigenvalue weighted by atomic mass is 32.1. The predicted octanol–water partition coefficient (Wildman–Crippen LogP) is 2.46. The molecule has 0 aliphatic heterocycles. The summed E-state index contributed by atoms with van der Waals surface area (Å²) in [4.78, 5) is 9.33. The van der Waals surface area contributed by atoms with Crippen molar-refractivity contribution < 1.29 is 4.74 Å². The Bertz CT molecular complexity index is 469. The van der Waals surface area contributed by atoms with Gasteiger partial charge in [0.1, 0.15) is 11.2 Å². The van der Waals surface area contributed by atoms with E-state index in [9.17, 15) is 0 Å². The molecule has 0 aliphatic carbocycles. The predicted molar refractivity (Wildman–Crippen MR) is 70.7 cm³/mol. The van der Waals surface area contributed by atoms with Crippen LogP contribution in [0.1, 0.15) is 20.3 Å². The van der Waals surface area contributed by atoms with Gasteiger partial charge < -0.3 is 10.1 Å². The summed E-state index contributed by atoms with van der Waals surface area (Å²) in [6.07, 6.45) is 2.54. The normalized spacial score (nSPS) is 11.2. The molecule has 0 saturated heterocycles. The number of ether oxygens (including phenoxy) is 1. The van der Waals surface area contributed by atoms with Gasteiger partial charge >= 0.3 is 0 Å². The molecule has 1 N–H and O–H groups in total. The van der Waals surface area contributed by atoms with Crippen LogP contribution in [0.25, 0.3) is 10.2 Å². The van der Waals surface area contributed by atoms with E-state index in [0.29, 0.717) is 18.5 Å². The van der Waals surface area contributed by atoms with Crippen LogP contribution < -0.4 is 10.1 Å². The zero-order valence-corrected chi connectivity index (χ0v) is 11.0. The molecule has 2 rings (SSSR count). The number of nitrogens with zero attached hydrogens (tertiary/aromatic N) is 2. The van der Waals surface area contributed by atoms with Crippen molar-refractivity contribution in [1.82, 2.24) is 15.3 Å². The molecule has 0 radical (unpaired) electrons. The fourth-order valence-electron chi connectivity index (χ4n) is 1.51. The zero-order valence-electron chi connectivity index (χ0n) is 10.1. The molecule has 92 valence electrons. The summed E-state index contributed by atoms with van der Waals surface area (Å²) in [6, 6.07) is 2.53. The molecule has 0 unspecified atom stereocenters. The molecule has 4 nitrogen and oxygen atoms in total. The van der Waals surface area contributed by atoms with E-state index < -0.39 is 0 Å². The molecule has 0 aromatic carbocycles. The molecule has 0 amide bonds. The second-order valence-corrected chi connectivity index (χ2v) is 5.02. The van der Waals surface area contributed by atoms with Crippen molar-refractivity contribution in [2.45, 2.75) is 26.3 Å². The maximum atomic E-state index is 5.67. The van der Waals surface area contributed by atoms with E-state index in [-0.39, 0.29) is 0 Å². The maximum Gasteiger partial charge on any atom is 0.225 e. The lowest BCUT2D eigenvalue weighted by Gasteiger charge is -2.08. The average Bonchev–Trinajstić information content (AvgIpc) is 2.77. The number of aromatic nitrogens is 2. The molecular weight excluding hydrogens is 234 g/mol. The van der Waals surface area contributed by atoms with Gasteiger partial charge in [-0.3, -0.25) is 0 Å². The van der Waals surface area contributed by atoms with Crippen molar-refractivity contribution in [2.24, 2.45) is 0 Å². The van der Waals surface area contributed by atoms with Crippen LogP contribution in [-0.4, -0.2) is 29.2 Å². The fourth-order valence-corrected chi connectivity index (χ4v) is 2.24. The first-order valence-corrected chi connectivity index (χ1v) is 6.69. The minimum Gasteiger partial charge on any atom is -0.477 e. The summed E-state index contributed by atoms with van der Waals surface area (Å²) >= 11 is 1.61. The minimum absolute atomic E-state index is 0.526. The Hall–Kier alpha value is -1.20. The van der Waals surface area contributed by atoms with Gasteiger partial charge in [-0.05, 0) is 24.4 Å². The van der Waals surface area contributed by atoms with E-state index in [4.69, 9.17) is 4.74 Å². The molecule has 0 saturated carbocycles. The lowest BCUT2D eigenvalue weighted by atomic mass is 10.3. The quantitative estimate of drug-likeness (QED) is 0.801. The standard InChI is InChI=1S/C12H17N3OS/c1-9(2)13-5-3-6-16-11-10-4-7-17-12(10)15-8-14-11/h4,7-9,13H,3,5-6H2,1-2H3. The van der Waals surface area contributed by atoms with Crippen molar-refractivity contribution in [3.63, 3.8) is 0 Å². The Morgan fingerprint density at radius 1 is 1.41 bits per heavy atom. The van der Waals surface area contributed by atoms with E-state index in [1.165, 1.54) is 0 Å². The van der Waals surface area contributed by atoms with Crippen molar-refractivity contribution in [1.29, 1.82) is 0 Å². The van der Waals surface area contributed by atoms with Gasteiger partial charge in [-0.1, -0.05) is 13.8 Å². The molecule has 0 atom stereocenters. The van der Waals surface area contributed by atoms with Gasteiger partial charge in [0, 0.05) is 6.04 Å². The topological polar surface area (TPSA) is 47.0 Å². The Labute approximate surface area is 105 Å². The SMILES string of the molecule is CC(C)NCCCOc1ncnc2sccc12. The molecule has 2 heterocycles. The first-order valence-electron chi connectivity index (χ1n) is 5.82. The smallest absolute Gasteiger partial charge is 0.225 e. The van der Waals surface area contributed by atoms with E-state index in [1.54, 1.807) is 17.7 Å². The van der Waals surface area contributed by atoms with Gasteiger partial charge in [-0.15, -0.1) is 11.3 Å². The van der Waals surface area contributed by atoms with Crippen molar-refractivity contribution in [3.05, 3.63) is 17.8 Å². The van der Waals surface area contributed by atoms with Gasteiger partial charge in [0.25, 0.3) is 0 Å². The van der Waals surface area contributed by atoms with Gasteiger partial charge in [-0.25, -0.2) is 9.97 Å². The Kier molecular flexibility index (Phi) is 4.28.